The van der Waals surface area contributed by atoms with Crippen molar-refractivity contribution in [1.29, 1.82) is 0 Å². The monoisotopic (exact) mass is 234 g/mol. The fourth-order valence-corrected chi connectivity index (χ4v) is 1.69. The van der Waals surface area contributed by atoms with E-state index in [0.717, 1.165) is 12.1 Å². The predicted octanol–water partition coefficient (Wildman–Crippen LogP) is 4.53. The molecule has 0 saturated heterocycles. The molecule has 1 aromatic carbocycles. The third-order valence-corrected chi connectivity index (χ3v) is 2.54. The largest absolute Gasteiger partial charge is 0.419 e. The second-order valence-corrected chi connectivity index (χ2v) is 4.04. The van der Waals surface area contributed by atoms with Crippen molar-refractivity contribution < 1.29 is 17.6 Å². The van der Waals surface area contributed by atoms with Crippen LogP contribution in [-0.2, 0) is 12.6 Å². The minimum atomic E-state index is -4.63. The summed E-state index contributed by atoms with van der Waals surface area (Å²) in [6.07, 6.45) is -4.09. The van der Waals surface area contributed by atoms with Crippen LogP contribution in [0.3, 0.4) is 0 Å². The lowest BCUT2D eigenvalue weighted by molar-refractivity contribution is -0.140. The lowest BCUT2D eigenvalue weighted by Gasteiger charge is -2.16. The van der Waals surface area contributed by atoms with Gasteiger partial charge in [-0.25, -0.2) is 4.39 Å². The highest BCUT2D eigenvalue weighted by molar-refractivity contribution is 5.36. The Bertz CT molecular complexity index is 377. The Morgan fingerprint density at radius 2 is 1.75 bits per heavy atom. The Kier molecular flexibility index (Phi) is 3.61. The van der Waals surface area contributed by atoms with Gasteiger partial charge in [0, 0.05) is 0 Å². The van der Waals surface area contributed by atoms with Gasteiger partial charge in [-0.1, -0.05) is 20.8 Å². The highest BCUT2D eigenvalue weighted by atomic mass is 19.4. The molecule has 0 saturated carbocycles. The van der Waals surface area contributed by atoms with Crippen molar-refractivity contribution in [3.8, 4) is 0 Å². The van der Waals surface area contributed by atoms with Gasteiger partial charge in [-0.05, 0) is 35.6 Å². The van der Waals surface area contributed by atoms with Crippen LogP contribution in [0, 0.1) is 5.82 Å². The van der Waals surface area contributed by atoms with Gasteiger partial charge < -0.3 is 0 Å². The van der Waals surface area contributed by atoms with Gasteiger partial charge in [-0.2, -0.15) is 13.2 Å². The van der Waals surface area contributed by atoms with Crippen LogP contribution in [0.5, 0.6) is 0 Å². The first-order chi connectivity index (χ1) is 7.27. The summed E-state index contributed by atoms with van der Waals surface area (Å²) in [5.41, 5.74) is 0.0325. The van der Waals surface area contributed by atoms with Gasteiger partial charge in [0.2, 0.25) is 0 Å². The highest BCUT2D eigenvalue weighted by Gasteiger charge is 2.34. The Morgan fingerprint density at radius 1 is 1.19 bits per heavy atom. The third-order valence-electron chi connectivity index (χ3n) is 2.54. The quantitative estimate of drug-likeness (QED) is 0.659. The van der Waals surface area contributed by atoms with Crippen molar-refractivity contribution in [3.63, 3.8) is 0 Å². The van der Waals surface area contributed by atoms with Crippen molar-refractivity contribution in [2.75, 3.05) is 0 Å². The molecule has 0 bridgehead atoms. The lowest BCUT2D eigenvalue weighted by atomic mass is 9.93. The zero-order valence-electron chi connectivity index (χ0n) is 9.45. The molecular weight excluding hydrogens is 220 g/mol. The molecule has 16 heavy (non-hydrogen) atoms. The summed E-state index contributed by atoms with van der Waals surface area (Å²) in [5.74, 6) is -1.23. The third kappa shape index (κ3) is 2.54. The second-order valence-electron chi connectivity index (χ2n) is 4.04. The first-order valence-corrected chi connectivity index (χ1v) is 5.16. The van der Waals surface area contributed by atoms with E-state index in [-0.39, 0.29) is 5.92 Å². The smallest absolute Gasteiger partial charge is 0.206 e. The topological polar surface area (TPSA) is 0 Å². The minimum absolute atomic E-state index is 0.0448. The van der Waals surface area contributed by atoms with E-state index < -0.39 is 17.6 Å². The average molecular weight is 234 g/mol. The molecule has 0 aromatic heterocycles. The molecule has 4 heteroatoms. The van der Waals surface area contributed by atoms with Gasteiger partial charge in [-0.3, -0.25) is 0 Å². The van der Waals surface area contributed by atoms with Gasteiger partial charge >= 0.3 is 6.18 Å². The van der Waals surface area contributed by atoms with Crippen molar-refractivity contribution in [3.05, 3.63) is 34.6 Å². The summed E-state index contributed by atoms with van der Waals surface area (Å²) in [4.78, 5) is 0. The van der Waals surface area contributed by atoms with E-state index >= 15 is 0 Å². The van der Waals surface area contributed by atoms with Gasteiger partial charge in [-0.15, -0.1) is 0 Å². The van der Waals surface area contributed by atoms with Crippen LogP contribution in [0.1, 0.15) is 43.4 Å². The summed E-state index contributed by atoms with van der Waals surface area (Å²) < 4.78 is 50.7. The first kappa shape index (κ1) is 13.0. The maximum Gasteiger partial charge on any atom is 0.419 e. The molecule has 0 fully saturated rings. The molecule has 1 aromatic rings. The number of halogens is 4. The number of rotatable bonds is 2. The van der Waals surface area contributed by atoms with E-state index in [9.17, 15) is 17.6 Å². The van der Waals surface area contributed by atoms with Gasteiger partial charge in [0.05, 0.1) is 5.56 Å². The maximum absolute atomic E-state index is 13.3. The second kappa shape index (κ2) is 4.44. The van der Waals surface area contributed by atoms with E-state index in [1.807, 2.05) is 0 Å². The molecule has 0 heterocycles. The summed E-state index contributed by atoms with van der Waals surface area (Å²) >= 11 is 0. The molecule has 0 aliphatic carbocycles. The maximum atomic E-state index is 13.3. The van der Waals surface area contributed by atoms with Crippen LogP contribution in [0.15, 0.2) is 12.1 Å². The molecule has 0 spiro atoms. The summed E-state index contributed by atoms with van der Waals surface area (Å²) in [6.45, 7) is 5.40. The number of aryl methyl sites for hydroxylation is 1. The Labute approximate surface area is 92.3 Å². The Hall–Kier alpha value is -1.06. The predicted molar refractivity (Wildman–Crippen MR) is 54.9 cm³/mol. The van der Waals surface area contributed by atoms with E-state index in [4.69, 9.17) is 0 Å². The van der Waals surface area contributed by atoms with Gasteiger partial charge in [0.15, 0.2) is 0 Å². The van der Waals surface area contributed by atoms with Crippen molar-refractivity contribution >= 4 is 0 Å². The molecule has 0 aliphatic rings. The van der Waals surface area contributed by atoms with Crippen LogP contribution in [0.4, 0.5) is 17.6 Å². The van der Waals surface area contributed by atoms with Crippen LogP contribution >= 0.6 is 0 Å². The molecule has 0 N–H and O–H groups in total. The molecule has 0 aliphatic heterocycles. The number of hydrogen-bond acceptors (Lipinski definition) is 0. The van der Waals surface area contributed by atoms with Crippen LogP contribution in [0.2, 0.25) is 0 Å². The summed E-state index contributed by atoms with van der Waals surface area (Å²) in [5, 5.41) is 0. The molecule has 0 radical (unpaired) electrons. The summed E-state index contributed by atoms with van der Waals surface area (Å²) in [6, 6.07) is 1.93. The lowest BCUT2D eigenvalue weighted by Crippen LogP contribution is -2.11. The van der Waals surface area contributed by atoms with E-state index in [0.29, 0.717) is 17.5 Å². The normalized spacial score (nSPS) is 12.2. The van der Waals surface area contributed by atoms with Crippen LogP contribution < -0.4 is 0 Å². The minimum Gasteiger partial charge on any atom is -0.206 e. The fraction of sp³-hybridized carbons (Fsp3) is 0.500. The molecule has 0 amide bonds. The highest BCUT2D eigenvalue weighted by Crippen LogP contribution is 2.34. The van der Waals surface area contributed by atoms with E-state index in [1.165, 1.54) is 0 Å². The van der Waals surface area contributed by atoms with Crippen molar-refractivity contribution in [1.82, 2.24) is 0 Å². The molecular formula is C12H14F4. The van der Waals surface area contributed by atoms with Crippen LogP contribution in [-0.4, -0.2) is 0 Å². The van der Waals surface area contributed by atoms with Crippen molar-refractivity contribution in [2.45, 2.75) is 39.3 Å². The van der Waals surface area contributed by atoms with E-state index in [2.05, 4.69) is 0 Å². The molecule has 90 valence electrons. The summed E-state index contributed by atoms with van der Waals surface area (Å²) in [7, 11) is 0. The average Bonchev–Trinajstić information content (AvgIpc) is 2.14. The van der Waals surface area contributed by atoms with E-state index in [1.54, 1.807) is 20.8 Å². The first-order valence-electron chi connectivity index (χ1n) is 5.16. The number of benzene rings is 1. The van der Waals surface area contributed by atoms with Gasteiger partial charge in [0.25, 0.3) is 0 Å². The van der Waals surface area contributed by atoms with Crippen LogP contribution in [0.25, 0.3) is 0 Å². The molecule has 0 unspecified atom stereocenters. The Balaban J connectivity index is 3.39. The molecule has 0 nitrogen and oxygen atoms in total. The zero-order valence-corrected chi connectivity index (χ0v) is 9.45. The molecule has 0 atom stereocenters. The standard InChI is InChI=1S/C12H14F4/c1-4-8-5-11(13)10(12(14,15)16)6-9(8)7(2)3/h5-7H,4H2,1-3H3. The zero-order chi connectivity index (χ0) is 12.5. The number of alkyl halides is 3. The number of hydrogen-bond donors (Lipinski definition) is 0. The Morgan fingerprint density at radius 3 is 2.12 bits per heavy atom. The molecule has 1 rings (SSSR count). The SMILES string of the molecule is CCc1cc(F)c(C(F)(F)F)cc1C(C)C. The fourth-order valence-electron chi connectivity index (χ4n) is 1.69. The van der Waals surface area contributed by atoms with Gasteiger partial charge in [0.1, 0.15) is 5.82 Å². The van der Waals surface area contributed by atoms with Crippen molar-refractivity contribution in [2.24, 2.45) is 0 Å².